The number of carbonyl (C=O) groups is 1. The lowest BCUT2D eigenvalue weighted by Crippen LogP contribution is -2.00. The first kappa shape index (κ1) is 16.0. The normalized spacial score (nSPS) is 10.9. The molecule has 0 bridgehead atoms. The number of ether oxygens (including phenoxy) is 1. The summed E-state index contributed by atoms with van der Waals surface area (Å²) in [6.45, 7) is -0.0848. The Balaban J connectivity index is 1.56. The number of nitrogens with zero attached hydrogens (tertiary/aromatic N) is 2. The van der Waals surface area contributed by atoms with Crippen molar-refractivity contribution < 1.29 is 13.9 Å². The van der Waals surface area contributed by atoms with Crippen LogP contribution in [-0.2, 0) is 16.1 Å². The number of halogens is 1. The Bertz CT molecular complexity index is 842. The zero-order chi connectivity index (χ0) is 16.8. The fraction of sp³-hybridized carbons (Fsp3) is 0.0556. The van der Waals surface area contributed by atoms with E-state index in [4.69, 9.17) is 20.8 Å². The van der Waals surface area contributed by atoms with Crippen LogP contribution in [0, 0.1) is 0 Å². The second-order valence-corrected chi connectivity index (χ2v) is 5.30. The van der Waals surface area contributed by atoms with Crippen LogP contribution in [0.4, 0.5) is 0 Å². The van der Waals surface area contributed by atoms with Gasteiger partial charge >= 0.3 is 5.97 Å². The third-order valence-electron chi connectivity index (χ3n) is 3.11. The highest BCUT2D eigenvalue weighted by atomic mass is 35.5. The average molecular weight is 341 g/mol. The first-order valence-electron chi connectivity index (χ1n) is 7.19. The van der Waals surface area contributed by atoms with Crippen molar-refractivity contribution in [3.05, 3.63) is 77.2 Å². The number of hydrogen-bond acceptors (Lipinski definition) is 5. The van der Waals surface area contributed by atoms with Gasteiger partial charge in [-0.1, -0.05) is 41.9 Å². The molecule has 0 amide bonds. The van der Waals surface area contributed by atoms with Crippen LogP contribution in [0.15, 0.2) is 65.1 Å². The van der Waals surface area contributed by atoms with Gasteiger partial charge in [0.1, 0.15) is 0 Å². The molecule has 0 saturated carbocycles. The first-order valence-corrected chi connectivity index (χ1v) is 7.57. The molecule has 0 N–H and O–H groups in total. The molecule has 0 aliphatic rings. The van der Waals surface area contributed by atoms with Gasteiger partial charge in [0.25, 0.3) is 5.89 Å². The van der Waals surface area contributed by atoms with Crippen molar-refractivity contribution >= 4 is 23.6 Å². The minimum Gasteiger partial charge on any atom is -0.452 e. The molecule has 1 aromatic heterocycles. The van der Waals surface area contributed by atoms with Crippen LogP contribution in [0.1, 0.15) is 11.5 Å². The van der Waals surface area contributed by atoms with Crippen LogP contribution in [-0.4, -0.2) is 16.2 Å². The van der Waals surface area contributed by atoms with Crippen LogP contribution in [0.2, 0.25) is 5.02 Å². The minimum atomic E-state index is -0.481. The van der Waals surface area contributed by atoms with E-state index in [9.17, 15) is 4.79 Å². The maximum atomic E-state index is 11.7. The molecule has 24 heavy (non-hydrogen) atoms. The van der Waals surface area contributed by atoms with Gasteiger partial charge in [0.15, 0.2) is 6.61 Å². The predicted octanol–water partition coefficient (Wildman–Crippen LogP) is 4.15. The van der Waals surface area contributed by atoms with Crippen LogP contribution in [0.3, 0.4) is 0 Å². The zero-order valence-electron chi connectivity index (χ0n) is 12.6. The van der Waals surface area contributed by atoms with E-state index in [0.29, 0.717) is 10.9 Å². The SMILES string of the molecule is O=C(/C=C/c1ccccc1)OCc1nnc(-c2ccc(Cl)cc2)o1. The van der Waals surface area contributed by atoms with Crippen LogP contribution in [0.25, 0.3) is 17.5 Å². The summed E-state index contributed by atoms with van der Waals surface area (Å²) in [5.74, 6) is 0.0871. The molecule has 1 heterocycles. The second-order valence-electron chi connectivity index (χ2n) is 4.86. The Morgan fingerprint density at radius 3 is 2.58 bits per heavy atom. The van der Waals surface area contributed by atoms with Gasteiger partial charge in [-0.15, -0.1) is 10.2 Å². The van der Waals surface area contributed by atoms with Gasteiger partial charge in [0, 0.05) is 16.7 Å². The molecule has 3 aromatic rings. The Hall–Kier alpha value is -2.92. The Morgan fingerprint density at radius 1 is 1.08 bits per heavy atom. The predicted molar refractivity (Wildman–Crippen MR) is 90.0 cm³/mol. The molecule has 6 heteroatoms. The van der Waals surface area contributed by atoms with Gasteiger partial charge in [0.05, 0.1) is 0 Å². The lowest BCUT2D eigenvalue weighted by molar-refractivity contribution is -0.139. The summed E-state index contributed by atoms with van der Waals surface area (Å²) >= 11 is 5.83. The van der Waals surface area contributed by atoms with Gasteiger partial charge in [-0.3, -0.25) is 0 Å². The molecule has 0 aliphatic carbocycles. The van der Waals surface area contributed by atoms with E-state index in [1.165, 1.54) is 6.08 Å². The third-order valence-corrected chi connectivity index (χ3v) is 3.36. The van der Waals surface area contributed by atoms with Crippen molar-refractivity contribution in [3.63, 3.8) is 0 Å². The van der Waals surface area contributed by atoms with Gasteiger partial charge in [0.2, 0.25) is 5.89 Å². The molecular formula is C18H13ClN2O3. The molecule has 0 aliphatic heterocycles. The molecule has 120 valence electrons. The quantitative estimate of drug-likeness (QED) is 0.515. The van der Waals surface area contributed by atoms with Gasteiger partial charge in [-0.2, -0.15) is 0 Å². The van der Waals surface area contributed by atoms with Crippen LogP contribution in [0.5, 0.6) is 0 Å². The lowest BCUT2D eigenvalue weighted by Gasteiger charge is -1.97. The smallest absolute Gasteiger partial charge is 0.331 e. The topological polar surface area (TPSA) is 65.2 Å². The summed E-state index contributed by atoms with van der Waals surface area (Å²) in [6, 6.07) is 16.5. The average Bonchev–Trinajstić information content (AvgIpc) is 3.09. The monoisotopic (exact) mass is 340 g/mol. The molecular weight excluding hydrogens is 328 g/mol. The van der Waals surface area contributed by atoms with Crippen molar-refractivity contribution in [2.24, 2.45) is 0 Å². The number of rotatable bonds is 5. The lowest BCUT2D eigenvalue weighted by atomic mass is 10.2. The van der Waals surface area contributed by atoms with E-state index in [-0.39, 0.29) is 12.5 Å². The third kappa shape index (κ3) is 4.30. The summed E-state index contributed by atoms with van der Waals surface area (Å²) in [5, 5.41) is 8.40. The number of aromatic nitrogens is 2. The molecule has 3 rings (SSSR count). The Labute approximate surface area is 143 Å². The van der Waals surface area contributed by atoms with Crippen LogP contribution < -0.4 is 0 Å². The Morgan fingerprint density at radius 2 is 1.83 bits per heavy atom. The summed E-state index contributed by atoms with van der Waals surface area (Å²) in [7, 11) is 0. The summed E-state index contributed by atoms with van der Waals surface area (Å²) in [4.78, 5) is 11.7. The molecule has 0 atom stereocenters. The maximum absolute atomic E-state index is 11.7. The van der Waals surface area contributed by atoms with E-state index < -0.39 is 5.97 Å². The molecule has 0 radical (unpaired) electrons. The van der Waals surface area contributed by atoms with Crippen LogP contribution >= 0.6 is 11.6 Å². The van der Waals surface area contributed by atoms with Crippen molar-refractivity contribution in [1.29, 1.82) is 0 Å². The highest BCUT2D eigenvalue weighted by molar-refractivity contribution is 6.30. The maximum Gasteiger partial charge on any atom is 0.331 e. The van der Waals surface area contributed by atoms with E-state index in [2.05, 4.69) is 10.2 Å². The Kier molecular flexibility index (Phi) is 5.03. The van der Waals surface area contributed by atoms with E-state index in [1.54, 1.807) is 30.3 Å². The highest BCUT2D eigenvalue weighted by Crippen LogP contribution is 2.20. The van der Waals surface area contributed by atoms with Gasteiger partial charge in [-0.25, -0.2) is 4.79 Å². The molecule has 5 nitrogen and oxygen atoms in total. The first-order chi connectivity index (χ1) is 11.7. The van der Waals surface area contributed by atoms with Gasteiger partial charge in [-0.05, 0) is 35.9 Å². The fourth-order valence-electron chi connectivity index (χ4n) is 1.93. The highest BCUT2D eigenvalue weighted by Gasteiger charge is 2.10. The number of carbonyl (C=O) groups excluding carboxylic acids is 1. The van der Waals surface area contributed by atoms with Crippen molar-refractivity contribution in [1.82, 2.24) is 10.2 Å². The largest absolute Gasteiger partial charge is 0.452 e. The van der Waals surface area contributed by atoms with E-state index >= 15 is 0 Å². The number of benzene rings is 2. The van der Waals surface area contributed by atoms with Crippen molar-refractivity contribution in [3.8, 4) is 11.5 Å². The van der Waals surface area contributed by atoms with E-state index in [0.717, 1.165) is 11.1 Å². The standard InChI is InChI=1S/C18H13ClN2O3/c19-15-9-7-14(8-10-15)18-21-20-16(24-18)12-23-17(22)11-6-13-4-2-1-3-5-13/h1-11H,12H2/b11-6+. The van der Waals surface area contributed by atoms with Gasteiger partial charge < -0.3 is 9.15 Å². The summed E-state index contributed by atoms with van der Waals surface area (Å²) < 4.78 is 10.5. The molecule has 0 unspecified atom stereocenters. The summed E-state index contributed by atoms with van der Waals surface area (Å²) in [5.41, 5.74) is 1.66. The zero-order valence-corrected chi connectivity index (χ0v) is 13.3. The van der Waals surface area contributed by atoms with Crippen molar-refractivity contribution in [2.45, 2.75) is 6.61 Å². The number of esters is 1. The summed E-state index contributed by atoms with van der Waals surface area (Å²) in [6.07, 6.45) is 3.03. The molecule has 0 fully saturated rings. The minimum absolute atomic E-state index is 0.0848. The van der Waals surface area contributed by atoms with E-state index in [1.807, 2.05) is 30.3 Å². The molecule has 2 aromatic carbocycles. The number of hydrogen-bond donors (Lipinski definition) is 0. The molecule has 0 saturated heterocycles. The fourth-order valence-corrected chi connectivity index (χ4v) is 2.06. The molecule has 0 spiro atoms. The van der Waals surface area contributed by atoms with Crippen molar-refractivity contribution in [2.75, 3.05) is 0 Å². The second kappa shape index (κ2) is 7.57.